The largest absolute Gasteiger partial charge is 0.379 e. The van der Waals surface area contributed by atoms with Gasteiger partial charge in [-0.15, -0.1) is 0 Å². The predicted octanol–water partition coefficient (Wildman–Crippen LogP) is 3.09. The van der Waals surface area contributed by atoms with E-state index >= 15 is 0 Å². The van der Waals surface area contributed by atoms with E-state index in [2.05, 4.69) is 10.6 Å². The Labute approximate surface area is 124 Å². The molecule has 0 spiro atoms. The molecule has 2 rings (SSSR count). The highest BCUT2D eigenvalue weighted by Crippen LogP contribution is 2.32. The monoisotopic (exact) mass is 291 g/mol. The molecular weight excluding hydrogens is 270 g/mol. The van der Waals surface area contributed by atoms with Crippen LogP contribution >= 0.6 is 0 Å². The number of hydrogen-bond acceptors (Lipinski definition) is 4. The highest BCUT2D eigenvalue weighted by molar-refractivity contribution is 5.96. The number of carbonyl (C=O) groups excluding carboxylic acids is 1. The minimum Gasteiger partial charge on any atom is -0.379 e. The molecule has 0 heterocycles. The van der Waals surface area contributed by atoms with Crippen molar-refractivity contribution in [1.29, 1.82) is 0 Å². The van der Waals surface area contributed by atoms with E-state index in [-0.39, 0.29) is 17.1 Å². The van der Waals surface area contributed by atoms with Crippen molar-refractivity contribution in [3.63, 3.8) is 0 Å². The molecule has 0 saturated heterocycles. The molecule has 0 bridgehead atoms. The van der Waals surface area contributed by atoms with E-state index in [1.165, 1.54) is 12.1 Å². The fraction of sp³-hybridized carbons (Fsp3) is 0.533. The van der Waals surface area contributed by atoms with E-state index in [1.54, 1.807) is 6.07 Å². The predicted molar refractivity (Wildman–Crippen MR) is 81.6 cm³/mol. The summed E-state index contributed by atoms with van der Waals surface area (Å²) in [6.45, 7) is 4.63. The average molecular weight is 291 g/mol. The smallest absolute Gasteiger partial charge is 0.292 e. The fourth-order valence-electron chi connectivity index (χ4n) is 2.42. The van der Waals surface area contributed by atoms with Gasteiger partial charge in [0, 0.05) is 23.7 Å². The van der Waals surface area contributed by atoms with Crippen LogP contribution in [0.3, 0.4) is 0 Å². The number of nitro groups is 1. The summed E-state index contributed by atoms with van der Waals surface area (Å²) in [7, 11) is 0. The normalized spacial score (nSPS) is 15.9. The molecule has 6 nitrogen and oxygen atoms in total. The minimum absolute atomic E-state index is 0.00476. The van der Waals surface area contributed by atoms with Crippen LogP contribution in [0, 0.1) is 10.1 Å². The Morgan fingerprint density at radius 2 is 2.14 bits per heavy atom. The van der Waals surface area contributed by atoms with Crippen molar-refractivity contribution >= 4 is 17.3 Å². The van der Waals surface area contributed by atoms with E-state index in [0.717, 1.165) is 25.7 Å². The molecule has 1 amide bonds. The number of amides is 1. The number of anilines is 1. The number of nitrogens with zero attached hydrogens (tertiary/aromatic N) is 1. The van der Waals surface area contributed by atoms with Gasteiger partial charge >= 0.3 is 0 Å². The molecule has 1 aliphatic rings. The van der Waals surface area contributed by atoms with Crippen molar-refractivity contribution in [3.05, 3.63) is 33.9 Å². The second-order valence-corrected chi connectivity index (χ2v) is 5.78. The zero-order valence-corrected chi connectivity index (χ0v) is 12.4. The lowest BCUT2D eigenvalue weighted by molar-refractivity contribution is -0.384. The molecule has 114 valence electrons. The van der Waals surface area contributed by atoms with Crippen LogP contribution in [0.4, 0.5) is 11.4 Å². The third-order valence-electron chi connectivity index (χ3n) is 3.89. The van der Waals surface area contributed by atoms with Gasteiger partial charge in [-0.25, -0.2) is 0 Å². The van der Waals surface area contributed by atoms with Gasteiger partial charge in [0.25, 0.3) is 11.6 Å². The van der Waals surface area contributed by atoms with Gasteiger partial charge in [0.05, 0.1) is 4.92 Å². The molecule has 1 aromatic carbocycles. The van der Waals surface area contributed by atoms with Crippen LogP contribution in [-0.4, -0.2) is 22.9 Å². The van der Waals surface area contributed by atoms with Crippen molar-refractivity contribution < 1.29 is 9.72 Å². The molecular formula is C15H21N3O3. The Bertz CT molecular complexity index is 553. The van der Waals surface area contributed by atoms with Crippen LogP contribution in [0.2, 0.25) is 0 Å². The summed E-state index contributed by atoms with van der Waals surface area (Å²) in [5.74, 6) is -0.174. The molecule has 1 aromatic rings. The first-order chi connectivity index (χ1) is 9.95. The first kappa shape index (κ1) is 15.3. The van der Waals surface area contributed by atoms with E-state index < -0.39 is 4.92 Å². The molecule has 1 fully saturated rings. The summed E-state index contributed by atoms with van der Waals surface area (Å²) in [6.07, 6.45) is 3.94. The first-order valence-electron chi connectivity index (χ1n) is 7.30. The lowest BCUT2D eigenvalue weighted by Crippen LogP contribution is -2.50. The van der Waals surface area contributed by atoms with Crippen molar-refractivity contribution in [3.8, 4) is 0 Å². The van der Waals surface area contributed by atoms with Crippen molar-refractivity contribution in [2.75, 3.05) is 11.9 Å². The van der Waals surface area contributed by atoms with Crippen LogP contribution in [0.15, 0.2) is 18.2 Å². The minimum atomic E-state index is -0.438. The Morgan fingerprint density at radius 1 is 1.43 bits per heavy atom. The van der Waals surface area contributed by atoms with Gasteiger partial charge in [0.2, 0.25) is 0 Å². The lowest BCUT2D eigenvalue weighted by Gasteiger charge is -2.39. The summed E-state index contributed by atoms with van der Waals surface area (Å²) in [5.41, 5.74) is 0.714. The second-order valence-electron chi connectivity index (χ2n) is 5.78. The number of rotatable bonds is 6. The highest BCUT2D eigenvalue weighted by Gasteiger charge is 2.33. The topological polar surface area (TPSA) is 84.3 Å². The van der Waals surface area contributed by atoms with Crippen molar-refractivity contribution in [2.24, 2.45) is 0 Å². The number of hydrogen-bond donors (Lipinski definition) is 2. The van der Waals surface area contributed by atoms with E-state index in [1.807, 2.05) is 13.8 Å². The van der Waals surface area contributed by atoms with E-state index in [9.17, 15) is 14.9 Å². The summed E-state index contributed by atoms with van der Waals surface area (Å²) in [4.78, 5) is 22.8. The molecule has 1 aliphatic carbocycles. The Hall–Kier alpha value is -2.11. The maximum Gasteiger partial charge on any atom is 0.292 e. The number of nitro benzene ring substituents is 1. The Kier molecular flexibility index (Phi) is 4.45. The van der Waals surface area contributed by atoms with Crippen LogP contribution in [0.25, 0.3) is 0 Å². The zero-order chi connectivity index (χ0) is 15.5. The Morgan fingerprint density at radius 3 is 2.67 bits per heavy atom. The second kappa shape index (κ2) is 6.11. The summed E-state index contributed by atoms with van der Waals surface area (Å²) in [6, 6.07) is 4.45. The van der Waals surface area contributed by atoms with Gasteiger partial charge in [-0.1, -0.05) is 6.92 Å². The lowest BCUT2D eigenvalue weighted by atomic mass is 9.78. The van der Waals surface area contributed by atoms with Crippen LogP contribution in [-0.2, 0) is 0 Å². The number of carbonyl (C=O) groups is 1. The number of benzene rings is 1. The van der Waals surface area contributed by atoms with Crippen LogP contribution in [0.5, 0.6) is 0 Å². The SMILES string of the molecule is CCCNc1cc(C(=O)NC2(C)CCC2)ccc1[N+](=O)[O-]. The first-order valence-corrected chi connectivity index (χ1v) is 7.30. The molecule has 0 aromatic heterocycles. The van der Waals surface area contributed by atoms with Crippen molar-refractivity contribution in [1.82, 2.24) is 5.32 Å². The quantitative estimate of drug-likeness (QED) is 0.623. The maximum atomic E-state index is 12.3. The van der Waals surface area contributed by atoms with Gasteiger partial charge in [-0.2, -0.15) is 0 Å². The maximum absolute atomic E-state index is 12.3. The van der Waals surface area contributed by atoms with Crippen LogP contribution in [0.1, 0.15) is 49.9 Å². The molecule has 1 saturated carbocycles. The number of nitrogens with one attached hydrogen (secondary N) is 2. The summed E-state index contributed by atoms with van der Waals surface area (Å²) >= 11 is 0. The standard InChI is InChI=1S/C15H21N3O3/c1-3-9-16-12-10-11(5-6-13(12)18(20)21)14(19)17-15(2)7-4-8-15/h5-6,10,16H,3-4,7-9H2,1-2H3,(H,17,19). The molecule has 0 atom stereocenters. The zero-order valence-electron chi connectivity index (χ0n) is 12.4. The molecule has 0 unspecified atom stereocenters. The highest BCUT2D eigenvalue weighted by atomic mass is 16.6. The third-order valence-corrected chi connectivity index (χ3v) is 3.89. The van der Waals surface area contributed by atoms with Gasteiger partial charge in [0.15, 0.2) is 0 Å². The molecule has 2 N–H and O–H groups in total. The van der Waals surface area contributed by atoms with Crippen LogP contribution < -0.4 is 10.6 Å². The molecule has 0 radical (unpaired) electrons. The van der Waals surface area contributed by atoms with Gasteiger partial charge in [-0.05, 0) is 44.7 Å². The van der Waals surface area contributed by atoms with Gasteiger partial charge in [-0.3, -0.25) is 14.9 Å². The summed E-state index contributed by atoms with van der Waals surface area (Å²) in [5, 5.41) is 17.0. The van der Waals surface area contributed by atoms with Crippen molar-refractivity contribution in [2.45, 2.75) is 45.1 Å². The Balaban J connectivity index is 2.19. The molecule has 6 heteroatoms. The average Bonchev–Trinajstić information content (AvgIpc) is 2.42. The summed E-state index contributed by atoms with van der Waals surface area (Å²) < 4.78 is 0. The van der Waals surface area contributed by atoms with E-state index in [0.29, 0.717) is 17.8 Å². The molecule has 21 heavy (non-hydrogen) atoms. The van der Waals surface area contributed by atoms with E-state index in [4.69, 9.17) is 0 Å². The van der Waals surface area contributed by atoms with Gasteiger partial charge < -0.3 is 10.6 Å². The fourth-order valence-corrected chi connectivity index (χ4v) is 2.42. The van der Waals surface area contributed by atoms with Gasteiger partial charge in [0.1, 0.15) is 5.69 Å². The third kappa shape index (κ3) is 3.51. The molecule has 0 aliphatic heterocycles.